The van der Waals surface area contributed by atoms with Gasteiger partial charge < -0.3 is 0 Å². The lowest BCUT2D eigenvalue weighted by atomic mass is 9.58. The molecule has 0 spiro atoms. The Labute approximate surface area is 134 Å². The van der Waals surface area contributed by atoms with Gasteiger partial charge in [-0.3, -0.25) is 0 Å². The van der Waals surface area contributed by atoms with Gasteiger partial charge in [0.25, 0.3) is 0 Å². The van der Waals surface area contributed by atoms with Crippen molar-refractivity contribution >= 4 is 11.8 Å². The van der Waals surface area contributed by atoms with Crippen LogP contribution in [0.25, 0.3) is 0 Å². The quantitative estimate of drug-likeness (QED) is 0.661. The van der Waals surface area contributed by atoms with E-state index >= 15 is 0 Å². The molecule has 2 rings (SSSR count). The molecule has 112 valence electrons. The molecule has 0 bridgehead atoms. The van der Waals surface area contributed by atoms with E-state index in [0.717, 1.165) is 0 Å². The average Bonchev–Trinajstić information content (AvgIpc) is 2.54. The van der Waals surface area contributed by atoms with Gasteiger partial charge in [-0.15, -0.1) is 0 Å². The van der Waals surface area contributed by atoms with Crippen LogP contribution in [0, 0.1) is 0 Å². The first-order valence-corrected chi connectivity index (χ1v) is 9.02. The molecule has 21 heavy (non-hydrogen) atoms. The minimum Gasteiger partial charge on any atom is -0.165 e. The molecule has 0 unspecified atom stereocenters. The maximum absolute atomic E-state index is 2.42. The minimum absolute atomic E-state index is 0.0886. The van der Waals surface area contributed by atoms with Gasteiger partial charge in [0.1, 0.15) is 0 Å². The van der Waals surface area contributed by atoms with Crippen molar-refractivity contribution in [1.82, 2.24) is 0 Å². The Hall–Kier alpha value is -1.21. The highest BCUT2D eigenvalue weighted by Gasteiger charge is 2.42. The molecule has 0 fully saturated rings. The molecule has 1 heteroatoms. The molecule has 0 aliphatic heterocycles. The van der Waals surface area contributed by atoms with Crippen molar-refractivity contribution in [3.63, 3.8) is 0 Å². The topological polar surface area (TPSA) is 0 Å². The number of thioether (sulfide) groups is 1. The van der Waals surface area contributed by atoms with Gasteiger partial charge in [-0.25, -0.2) is 0 Å². The fraction of sp³-hybridized carbons (Fsp3) is 0.400. The Kier molecular flexibility index (Phi) is 5.16. The van der Waals surface area contributed by atoms with E-state index in [0.29, 0.717) is 0 Å². The average molecular weight is 298 g/mol. The van der Waals surface area contributed by atoms with Crippen LogP contribution in [0.4, 0.5) is 0 Å². The lowest BCUT2D eigenvalue weighted by Gasteiger charge is -2.45. The van der Waals surface area contributed by atoms with Crippen molar-refractivity contribution in [2.24, 2.45) is 0 Å². The van der Waals surface area contributed by atoms with Gasteiger partial charge >= 0.3 is 0 Å². The molecule has 2 aromatic rings. The van der Waals surface area contributed by atoms with Crippen LogP contribution in [0.5, 0.6) is 0 Å². The first-order chi connectivity index (χ1) is 10.0. The van der Waals surface area contributed by atoms with E-state index < -0.39 is 0 Å². The third kappa shape index (κ3) is 3.18. The van der Waals surface area contributed by atoms with Gasteiger partial charge in [-0.1, -0.05) is 81.4 Å². The Morgan fingerprint density at radius 1 is 0.762 bits per heavy atom. The number of hydrogen-bond donors (Lipinski definition) is 0. The van der Waals surface area contributed by atoms with E-state index in [1.165, 1.54) is 23.3 Å². The minimum atomic E-state index is 0.0886. The third-order valence-corrected chi connectivity index (χ3v) is 5.70. The van der Waals surface area contributed by atoms with Gasteiger partial charge in [0.05, 0.1) is 0 Å². The van der Waals surface area contributed by atoms with E-state index in [1.54, 1.807) is 0 Å². The molecular weight excluding hydrogens is 272 g/mol. The standard InChI is InChI=1S/C20H26S/c1-19(2,17-11-7-5-8-12-17)20(3,15-16-21-4)18-13-9-6-10-14-18/h5-14H,15-16H2,1-4H3/t20-/m1/s1. The van der Waals surface area contributed by atoms with Crippen molar-refractivity contribution in [3.05, 3.63) is 71.8 Å². The molecule has 1 atom stereocenters. The normalized spacial score (nSPS) is 14.7. The van der Waals surface area contributed by atoms with E-state index in [1.807, 2.05) is 11.8 Å². The molecule has 0 aromatic heterocycles. The Morgan fingerprint density at radius 2 is 1.24 bits per heavy atom. The van der Waals surface area contributed by atoms with Crippen LogP contribution in [0.15, 0.2) is 60.7 Å². The first kappa shape index (κ1) is 16.2. The maximum atomic E-state index is 2.42. The highest BCUT2D eigenvalue weighted by atomic mass is 32.2. The molecule has 0 aliphatic carbocycles. The van der Waals surface area contributed by atoms with Crippen molar-refractivity contribution in [2.45, 2.75) is 38.0 Å². The Bertz CT molecular complexity index is 545. The summed E-state index contributed by atoms with van der Waals surface area (Å²) in [7, 11) is 0. The lowest BCUT2D eigenvalue weighted by Crippen LogP contribution is -2.43. The zero-order chi connectivity index (χ0) is 15.3. The predicted molar refractivity (Wildman–Crippen MR) is 96.3 cm³/mol. The van der Waals surface area contributed by atoms with Crippen LogP contribution >= 0.6 is 11.8 Å². The van der Waals surface area contributed by atoms with Crippen LogP contribution in [-0.4, -0.2) is 12.0 Å². The summed E-state index contributed by atoms with van der Waals surface area (Å²) in [6.07, 6.45) is 3.38. The molecule has 0 amide bonds. The lowest BCUT2D eigenvalue weighted by molar-refractivity contribution is 0.268. The fourth-order valence-electron chi connectivity index (χ4n) is 3.10. The summed E-state index contributed by atoms with van der Waals surface area (Å²) in [5.74, 6) is 1.18. The summed E-state index contributed by atoms with van der Waals surface area (Å²) in [4.78, 5) is 0. The first-order valence-electron chi connectivity index (χ1n) is 7.62. The second-order valence-corrected chi connectivity index (χ2v) is 7.42. The summed E-state index contributed by atoms with van der Waals surface area (Å²) < 4.78 is 0. The zero-order valence-electron chi connectivity index (χ0n) is 13.6. The summed E-state index contributed by atoms with van der Waals surface area (Å²) in [5, 5.41) is 0. The zero-order valence-corrected chi connectivity index (χ0v) is 14.4. The number of hydrogen-bond acceptors (Lipinski definition) is 1. The molecule has 0 radical (unpaired) electrons. The summed E-state index contributed by atoms with van der Waals surface area (Å²) >= 11 is 1.93. The molecular formula is C20H26S. The Morgan fingerprint density at radius 3 is 1.71 bits per heavy atom. The maximum Gasteiger partial charge on any atom is 0.00240 e. The van der Waals surface area contributed by atoms with Crippen molar-refractivity contribution in [3.8, 4) is 0 Å². The van der Waals surface area contributed by atoms with Gasteiger partial charge in [0.2, 0.25) is 0 Å². The second-order valence-electron chi connectivity index (χ2n) is 6.43. The van der Waals surface area contributed by atoms with Crippen LogP contribution in [-0.2, 0) is 10.8 Å². The van der Waals surface area contributed by atoms with E-state index in [4.69, 9.17) is 0 Å². The van der Waals surface area contributed by atoms with Crippen molar-refractivity contribution < 1.29 is 0 Å². The SMILES string of the molecule is CSCC[C@](C)(c1ccccc1)C(C)(C)c1ccccc1. The fourth-order valence-corrected chi connectivity index (χ4v) is 3.72. The number of rotatable bonds is 6. The van der Waals surface area contributed by atoms with Crippen molar-refractivity contribution in [2.75, 3.05) is 12.0 Å². The van der Waals surface area contributed by atoms with Gasteiger partial charge in [0, 0.05) is 5.41 Å². The molecule has 0 saturated heterocycles. The highest BCUT2D eigenvalue weighted by Crippen LogP contribution is 2.46. The second kappa shape index (κ2) is 6.70. The summed E-state index contributed by atoms with van der Waals surface area (Å²) in [5.41, 5.74) is 3.06. The van der Waals surface area contributed by atoms with Gasteiger partial charge in [-0.05, 0) is 35.0 Å². The Balaban J connectivity index is 2.49. The molecule has 0 N–H and O–H groups in total. The van der Waals surface area contributed by atoms with E-state index in [-0.39, 0.29) is 10.8 Å². The highest BCUT2D eigenvalue weighted by molar-refractivity contribution is 7.98. The predicted octanol–water partition coefficient (Wildman–Crippen LogP) is 5.68. The largest absolute Gasteiger partial charge is 0.165 e. The third-order valence-electron chi connectivity index (χ3n) is 5.09. The van der Waals surface area contributed by atoms with Crippen LogP contribution in [0.3, 0.4) is 0 Å². The van der Waals surface area contributed by atoms with Crippen LogP contribution in [0.1, 0.15) is 38.3 Å². The molecule has 0 nitrogen and oxygen atoms in total. The molecule has 0 saturated carbocycles. The van der Waals surface area contributed by atoms with E-state index in [2.05, 4.69) is 87.7 Å². The monoisotopic (exact) mass is 298 g/mol. The summed E-state index contributed by atoms with van der Waals surface area (Å²) in [6.45, 7) is 7.19. The van der Waals surface area contributed by atoms with Crippen LogP contribution < -0.4 is 0 Å². The molecule has 0 heterocycles. The van der Waals surface area contributed by atoms with Crippen LogP contribution in [0.2, 0.25) is 0 Å². The smallest absolute Gasteiger partial charge is 0.00240 e. The van der Waals surface area contributed by atoms with Gasteiger partial charge in [0.15, 0.2) is 0 Å². The molecule has 0 aliphatic rings. The summed E-state index contributed by atoms with van der Waals surface area (Å²) in [6, 6.07) is 21.9. The molecule has 2 aromatic carbocycles. The van der Waals surface area contributed by atoms with Gasteiger partial charge in [-0.2, -0.15) is 11.8 Å². The van der Waals surface area contributed by atoms with E-state index in [9.17, 15) is 0 Å². The van der Waals surface area contributed by atoms with Crippen molar-refractivity contribution in [1.29, 1.82) is 0 Å². The number of benzene rings is 2.